The van der Waals surface area contributed by atoms with Gasteiger partial charge in [-0.15, -0.1) is 0 Å². The molecular formula is C30H43N3O3. The summed E-state index contributed by atoms with van der Waals surface area (Å²) in [5.41, 5.74) is 1.21. The highest BCUT2D eigenvalue weighted by Crippen LogP contribution is 2.23. The number of Topliss-reactive ketones (excluding diaryl/α,β-unsaturated/α-hetero) is 1. The molecule has 0 atom stereocenters. The summed E-state index contributed by atoms with van der Waals surface area (Å²) in [6.07, 6.45) is 19.1. The molecule has 1 N–H and O–H groups in total. The Morgan fingerprint density at radius 2 is 1.31 bits per heavy atom. The molecule has 0 bridgehead atoms. The van der Waals surface area contributed by atoms with Gasteiger partial charge >= 0.3 is 0 Å². The Labute approximate surface area is 215 Å². The molecule has 1 aliphatic carbocycles. The number of para-hydroxylation sites is 1. The molecule has 2 fully saturated rings. The standard InChI is InChI=1S/C30H43N3O3/c34-28(32-20-14-8-9-15-21-32)23-33-22-26(25-18-12-13-19-27(25)33)29(35)30(36)31-24-16-10-6-4-2-1-3-5-7-11-17-24/h12-13,18-19,22,24H,1-11,14-17,20-21,23H2,(H,31,36). The molecule has 2 aliphatic rings. The SMILES string of the molecule is O=C(NC1CCCCCCCCCCC1)C(=O)c1cn(CC(=O)N2CCCCCC2)c2ccccc12. The summed E-state index contributed by atoms with van der Waals surface area (Å²) in [4.78, 5) is 41.4. The maximum absolute atomic E-state index is 13.3. The van der Waals surface area contributed by atoms with Crippen LogP contribution in [0.15, 0.2) is 30.5 Å². The number of nitrogens with one attached hydrogen (secondary N) is 1. The van der Waals surface area contributed by atoms with Crippen LogP contribution in [-0.4, -0.2) is 46.2 Å². The van der Waals surface area contributed by atoms with E-state index in [0.717, 1.165) is 62.5 Å². The summed E-state index contributed by atoms with van der Waals surface area (Å²) in [6.45, 7) is 1.79. The lowest BCUT2D eigenvalue weighted by molar-refractivity contribution is -0.131. The lowest BCUT2D eigenvalue weighted by Crippen LogP contribution is -2.39. The average molecular weight is 494 g/mol. The van der Waals surface area contributed by atoms with Crippen LogP contribution < -0.4 is 5.32 Å². The number of carbonyl (C=O) groups excluding carboxylic acids is 3. The van der Waals surface area contributed by atoms with Gasteiger partial charge in [-0.05, 0) is 31.7 Å². The van der Waals surface area contributed by atoms with Gasteiger partial charge < -0.3 is 14.8 Å². The molecule has 1 saturated carbocycles. The second-order valence-electron chi connectivity index (χ2n) is 10.7. The molecule has 0 unspecified atom stereocenters. The quantitative estimate of drug-likeness (QED) is 0.409. The van der Waals surface area contributed by atoms with Crippen molar-refractivity contribution in [2.24, 2.45) is 0 Å². The fourth-order valence-corrected chi connectivity index (χ4v) is 5.81. The minimum absolute atomic E-state index is 0.0545. The first-order chi connectivity index (χ1) is 17.6. The number of rotatable bonds is 5. The molecule has 2 amide bonds. The Morgan fingerprint density at radius 3 is 1.94 bits per heavy atom. The number of fused-ring (bicyclic) bond motifs is 1. The zero-order valence-electron chi connectivity index (χ0n) is 21.8. The summed E-state index contributed by atoms with van der Waals surface area (Å²) < 4.78 is 1.85. The predicted octanol–water partition coefficient (Wildman–Crippen LogP) is 6.02. The lowest BCUT2D eigenvalue weighted by atomic mass is 9.97. The van der Waals surface area contributed by atoms with E-state index < -0.39 is 11.7 Å². The highest BCUT2D eigenvalue weighted by Gasteiger charge is 2.25. The highest BCUT2D eigenvalue weighted by molar-refractivity contribution is 6.45. The van der Waals surface area contributed by atoms with E-state index in [-0.39, 0.29) is 18.5 Å². The zero-order chi connectivity index (χ0) is 25.2. The lowest BCUT2D eigenvalue weighted by Gasteiger charge is -2.20. The smallest absolute Gasteiger partial charge is 0.292 e. The van der Waals surface area contributed by atoms with E-state index in [1.54, 1.807) is 6.20 Å². The summed E-state index contributed by atoms with van der Waals surface area (Å²) >= 11 is 0. The van der Waals surface area contributed by atoms with Crippen molar-refractivity contribution in [1.82, 2.24) is 14.8 Å². The average Bonchev–Trinajstić information content (AvgIpc) is 3.04. The second kappa shape index (κ2) is 13.6. The number of aromatic nitrogens is 1. The Balaban J connectivity index is 1.45. The largest absolute Gasteiger partial charge is 0.346 e. The van der Waals surface area contributed by atoms with Crippen molar-refractivity contribution >= 4 is 28.5 Å². The van der Waals surface area contributed by atoms with E-state index in [0.29, 0.717) is 5.56 Å². The summed E-state index contributed by atoms with van der Waals surface area (Å²) in [6, 6.07) is 7.64. The van der Waals surface area contributed by atoms with Crippen LogP contribution in [0, 0.1) is 0 Å². The fraction of sp³-hybridized carbons (Fsp3) is 0.633. The molecule has 36 heavy (non-hydrogen) atoms. The number of amides is 2. The van der Waals surface area contributed by atoms with Crippen LogP contribution >= 0.6 is 0 Å². The Bertz CT molecular complexity index is 1010. The highest BCUT2D eigenvalue weighted by atomic mass is 16.2. The number of hydrogen-bond donors (Lipinski definition) is 1. The maximum atomic E-state index is 13.3. The first kappa shape index (κ1) is 26.4. The Kier molecular flexibility index (Phi) is 10.00. The predicted molar refractivity (Wildman–Crippen MR) is 144 cm³/mol. The number of likely N-dealkylation sites (tertiary alicyclic amines) is 1. The fourth-order valence-electron chi connectivity index (χ4n) is 5.81. The molecule has 4 rings (SSSR count). The number of benzene rings is 1. The van der Waals surface area contributed by atoms with Crippen LogP contribution in [0.25, 0.3) is 10.9 Å². The van der Waals surface area contributed by atoms with Crippen LogP contribution in [-0.2, 0) is 16.1 Å². The van der Waals surface area contributed by atoms with Crippen LogP contribution in [0.5, 0.6) is 0 Å². The van der Waals surface area contributed by atoms with Gasteiger partial charge in [-0.3, -0.25) is 14.4 Å². The Hall–Kier alpha value is -2.63. The molecule has 1 aromatic carbocycles. The molecule has 6 heteroatoms. The van der Waals surface area contributed by atoms with Gasteiger partial charge in [-0.2, -0.15) is 0 Å². The van der Waals surface area contributed by atoms with Crippen molar-refractivity contribution in [2.75, 3.05) is 13.1 Å². The first-order valence-corrected chi connectivity index (χ1v) is 14.3. The van der Waals surface area contributed by atoms with Gasteiger partial charge in [0.15, 0.2) is 0 Å². The van der Waals surface area contributed by atoms with E-state index in [4.69, 9.17) is 0 Å². The van der Waals surface area contributed by atoms with E-state index in [1.165, 1.54) is 57.8 Å². The minimum atomic E-state index is -0.520. The van der Waals surface area contributed by atoms with Gasteiger partial charge in [0.05, 0.1) is 5.56 Å². The number of nitrogens with zero attached hydrogens (tertiary/aromatic N) is 2. The van der Waals surface area contributed by atoms with Gasteiger partial charge in [0, 0.05) is 36.2 Å². The van der Waals surface area contributed by atoms with E-state index in [1.807, 2.05) is 33.7 Å². The van der Waals surface area contributed by atoms with Crippen LogP contribution in [0.2, 0.25) is 0 Å². The van der Waals surface area contributed by atoms with Crippen LogP contribution in [0.3, 0.4) is 0 Å². The topological polar surface area (TPSA) is 71.4 Å². The number of hydrogen-bond acceptors (Lipinski definition) is 3. The number of carbonyl (C=O) groups is 3. The van der Waals surface area contributed by atoms with Crippen molar-refractivity contribution < 1.29 is 14.4 Å². The molecule has 2 heterocycles. The minimum Gasteiger partial charge on any atom is -0.346 e. The van der Waals surface area contributed by atoms with E-state index in [9.17, 15) is 14.4 Å². The van der Waals surface area contributed by atoms with Gasteiger partial charge in [0.2, 0.25) is 5.91 Å². The zero-order valence-corrected chi connectivity index (χ0v) is 21.8. The van der Waals surface area contributed by atoms with Crippen molar-refractivity contribution in [3.8, 4) is 0 Å². The van der Waals surface area contributed by atoms with Gasteiger partial charge in [0.25, 0.3) is 11.7 Å². The van der Waals surface area contributed by atoms with Crippen molar-refractivity contribution in [3.05, 3.63) is 36.0 Å². The van der Waals surface area contributed by atoms with Gasteiger partial charge in [0.1, 0.15) is 6.54 Å². The third-order valence-electron chi connectivity index (χ3n) is 7.94. The molecule has 0 radical (unpaired) electrons. The monoisotopic (exact) mass is 493 g/mol. The summed E-state index contributed by atoms with van der Waals surface area (Å²) in [7, 11) is 0. The van der Waals surface area contributed by atoms with Crippen LogP contribution in [0.4, 0.5) is 0 Å². The first-order valence-electron chi connectivity index (χ1n) is 14.3. The molecule has 2 aromatic rings. The third-order valence-corrected chi connectivity index (χ3v) is 7.94. The summed E-state index contributed by atoms with van der Waals surface area (Å²) in [5, 5.41) is 3.81. The maximum Gasteiger partial charge on any atom is 0.292 e. The molecule has 1 saturated heterocycles. The molecule has 0 spiro atoms. The van der Waals surface area contributed by atoms with Crippen molar-refractivity contribution in [2.45, 2.75) is 109 Å². The second-order valence-corrected chi connectivity index (χ2v) is 10.7. The molecule has 1 aromatic heterocycles. The Morgan fingerprint density at radius 1 is 0.750 bits per heavy atom. The van der Waals surface area contributed by atoms with Gasteiger partial charge in [-0.25, -0.2) is 0 Å². The molecule has 1 aliphatic heterocycles. The van der Waals surface area contributed by atoms with Gasteiger partial charge in [-0.1, -0.05) is 88.8 Å². The van der Waals surface area contributed by atoms with E-state index >= 15 is 0 Å². The molecule has 196 valence electrons. The van der Waals surface area contributed by atoms with Crippen LogP contribution in [0.1, 0.15) is 107 Å². The normalized spacial score (nSPS) is 19.2. The third kappa shape index (κ3) is 7.21. The summed E-state index contributed by atoms with van der Waals surface area (Å²) in [5.74, 6) is -0.943. The van der Waals surface area contributed by atoms with Crippen molar-refractivity contribution in [3.63, 3.8) is 0 Å². The number of ketones is 1. The van der Waals surface area contributed by atoms with Crippen molar-refractivity contribution in [1.29, 1.82) is 0 Å². The molecular weight excluding hydrogens is 450 g/mol. The molecule has 6 nitrogen and oxygen atoms in total. The van der Waals surface area contributed by atoms with E-state index in [2.05, 4.69) is 5.32 Å².